The smallest absolute Gasteiger partial charge is 0.145 e. The van der Waals surface area contributed by atoms with Crippen molar-refractivity contribution >= 4 is 6.29 Å². The fourth-order valence-electron chi connectivity index (χ4n) is 1.51. The summed E-state index contributed by atoms with van der Waals surface area (Å²) in [5, 5.41) is 0. The molecule has 0 aliphatic carbocycles. The zero-order valence-corrected chi connectivity index (χ0v) is 11.1. The van der Waals surface area contributed by atoms with Crippen LogP contribution in [-0.2, 0) is 9.53 Å². The molecule has 2 N–H and O–H groups in total. The number of hydrogen-bond acceptors (Lipinski definition) is 4. The van der Waals surface area contributed by atoms with E-state index in [2.05, 4.69) is 10.6 Å². The van der Waals surface area contributed by atoms with Gasteiger partial charge in [0.05, 0.1) is 6.61 Å². The van der Waals surface area contributed by atoms with Crippen LogP contribution in [0.1, 0.15) is 33.1 Å². The fourth-order valence-corrected chi connectivity index (χ4v) is 1.51. The molecule has 0 aromatic carbocycles. The van der Waals surface area contributed by atoms with E-state index in [1.54, 1.807) is 0 Å². The Hall–Kier alpha value is -0.450. The third-order valence-corrected chi connectivity index (χ3v) is 2.19. The molecule has 0 aromatic heterocycles. The summed E-state index contributed by atoms with van der Waals surface area (Å²) in [7, 11) is 1.50. The van der Waals surface area contributed by atoms with E-state index >= 15 is 0 Å². The molecule has 0 bridgehead atoms. The normalized spacial score (nSPS) is 15.2. The molecular formula is C12H28N2O2. The molecule has 1 aliphatic heterocycles. The number of hydrogen-bond donors (Lipinski definition) is 1. The summed E-state index contributed by atoms with van der Waals surface area (Å²) < 4.78 is 5.08. The van der Waals surface area contributed by atoms with Crippen molar-refractivity contribution in [3.63, 3.8) is 0 Å². The molecule has 4 nitrogen and oxygen atoms in total. The summed E-state index contributed by atoms with van der Waals surface area (Å²) >= 11 is 0. The van der Waals surface area contributed by atoms with Crippen LogP contribution in [0.5, 0.6) is 0 Å². The van der Waals surface area contributed by atoms with Crippen molar-refractivity contribution in [1.29, 1.82) is 0 Å². The van der Waals surface area contributed by atoms with Crippen LogP contribution in [0, 0.1) is 0 Å². The van der Waals surface area contributed by atoms with Crippen molar-refractivity contribution in [3.05, 3.63) is 0 Å². The summed E-state index contributed by atoms with van der Waals surface area (Å²) in [5.74, 6) is 0. The zero-order valence-electron chi connectivity index (χ0n) is 11.1. The van der Waals surface area contributed by atoms with Crippen molar-refractivity contribution in [2.75, 3.05) is 39.9 Å². The lowest BCUT2D eigenvalue weighted by molar-refractivity contribution is -0.112. The maximum absolute atomic E-state index is 9.92. The summed E-state index contributed by atoms with van der Waals surface area (Å²) in [6.45, 7) is 8.31. The number of ether oxygens (including phenoxy) is 1. The van der Waals surface area contributed by atoms with Gasteiger partial charge in [0, 0.05) is 6.54 Å². The molecule has 1 rings (SSSR count). The lowest BCUT2D eigenvalue weighted by Crippen LogP contribution is -2.32. The second-order valence-electron chi connectivity index (χ2n) is 3.14. The van der Waals surface area contributed by atoms with Gasteiger partial charge in [0.2, 0.25) is 0 Å². The molecule has 4 heteroatoms. The van der Waals surface area contributed by atoms with Crippen molar-refractivity contribution in [1.82, 2.24) is 4.90 Å². The maximum atomic E-state index is 9.92. The minimum atomic E-state index is 0.244. The fraction of sp³-hybridized carbons (Fsp3) is 0.917. The van der Waals surface area contributed by atoms with E-state index in [4.69, 9.17) is 4.74 Å². The summed E-state index contributed by atoms with van der Waals surface area (Å²) in [4.78, 5) is 12.3. The van der Waals surface area contributed by atoms with E-state index in [1.807, 2.05) is 13.8 Å². The van der Waals surface area contributed by atoms with Crippen molar-refractivity contribution in [2.24, 2.45) is 5.73 Å². The average molecular weight is 232 g/mol. The minimum absolute atomic E-state index is 0.244. The first-order valence-corrected chi connectivity index (χ1v) is 6.25. The molecule has 0 radical (unpaired) electrons. The third-order valence-electron chi connectivity index (χ3n) is 2.19. The number of carbonyl (C=O) groups is 1. The number of rotatable bonds is 5. The Balaban J connectivity index is 0. The second kappa shape index (κ2) is 17.0. The Morgan fingerprint density at radius 1 is 1.19 bits per heavy atom. The Morgan fingerprint density at radius 3 is 2.25 bits per heavy atom. The molecule has 98 valence electrons. The quantitative estimate of drug-likeness (QED) is 0.573. The molecule has 16 heavy (non-hydrogen) atoms. The van der Waals surface area contributed by atoms with E-state index in [9.17, 15) is 4.79 Å². The highest BCUT2D eigenvalue weighted by Crippen LogP contribution is 2.07. The molecule has 1 saturated heterocycles. The lowest BCUT2D eigenvalue weighted by atomic mass is 10.1. The van der Waals surface area contributed by atoms with Gasteiger partial charge in [-0.15, -0.1) is 0 Å². The van der Waals surface area contributed by atoms with Crippen LogP contribution in [0.4, 0.5) is 0 Å². The van der Waals surface area contributed by atoms with E-state index in [0.717, 1.165) is 12.8 Å². The molecule has 1 aliphatic rings. The highest BCUT2D eigenvalue weighted by molar-refractivity contribution is 5.50. The van der Waals surface area contributed by atoms with Gasteiger partial charge in [-0.1, -0.05) is 20.3 Å². The number of nitrogens with two attached hydrogens (primary N) is 1. The summed E-state index contributed by atoms with van der Waals surface area (Å²) in [6.07, 6.45) is 4.79. The molecule has 1 fully saturated rings. The van der Waals surface area contributed by atoms with Gasteiger partial charge in [-0.3, -0.25) is 0 Å². The van der Waals surface area contributed by atoms with E-state index in [1.165, 1.54) is 39.4 Å². The number of piperidine rings is 1. The van der Waals surface area contributed by atoms with Gasteiger partial charge in [-0.05, 0) is 33.0 Å². The second-order valence-corrected chi connectivity index (χ2v) is 3.14. The first-order valence-electron chi connectivity index (χ1n) is 6.25. The molecular weight excluding hydrogens is 204 g/mol. The van der Waals surface area contributed by atoms with Crippen LogP contribution >= 0.6 is 0 Å². The van der Waals surface area contributed by atoms with Gasteiger partial charge >= 0.3 is 0 Å². The zero-order chi connectivity index (χ0) is 12.6. The monoisotopic (exact) mass is 232 g/mol. The van der Waals surface area contributed by atoms with Crippen LogP contribution in [0.25, 0.3) is 0 Å². The average Bonchev–Trinajstić information content (AvgIpc) is 2.41. The number of nitrogens with zero attached hydrogens (tertiary/aromatic N) is 1. The molecule has 1 heterocycles. The number of carbonyl (C=O) groups excluding carboxylic acids is 1. The molecule has 0 aromatic rings. The van der Waals surface area contributed by atoms with Gasteiger partial charge in [-0.25, -0.2) is 0 Å². The minimum Gasteiger partial charge on any atom is -0.373 e. The summed E-state index contributed by atoms with van der Waals surface area (Å²) in [6, 6.07) is 0. The molecule has 0 amide bonds. The van der Waals surface area contributed by atoms with Gasteiger partial charge in [-0.2, -0.15) is 0 Å². The first kappa shape index (κ1) is 17.9. The lowest BCUT2D eigenvalue weighted by Gasteiger charge is -2.25. The summed E-state index contributed by atoms with van der Waals surface area (Å²) in [5.41, 5.74) is 4.50. The van der Waals surface area contributed by atoms with Crippen LogP contribution in [0.15, 0.2) is 0 Å². The van der Waals surface area contributed by atoms with Crippen molar-refractivity contribution < 1.29 is 9.53 Å². The Kier molecular flexibility index (Phi) is 19.0. The van der Waals surface area contributed by atoms with Crippen molar-refractivity contribution in [3.8, 4) is 0 Å². The standard InChI is InChI=1S/C9H17NO2.C2H6.CH5N/c11-7-9-12-8-6-10-4-2-1-3-5-10;2*1-2/h7H,1-6,8-9H2;1-2H3;2H2,1H3. The van der Waals surface area contributed by atoms with E-state index < -0.39 is 0 Å². The third kappa shape index (κ3) is 11.6. The van der Waals surface area contributed by atoms with Gasteiger partial charge in [0.1, 0.15) is 12.9 Å². The largest absolute Gasteiger partial charge is 0.373 e. The highest BCUT2D eigenvalue weighted by atomic mass is 16.5. The van der Waals surface area contributed by atoms with Crippen LogP contribution in [0.3, 0.4) is 0 Å². The Bertz CT molecular complexity index is 126. The Morgan fingerprint density at radius 2 is 1.75 bits per heavy atom. The predicted molar refractivity (Wildman–Crippen MR) is 68.6 cm³/mol. The number of aldehydes is 1. The van der Waals surface area contributed by atoms with Gasteiger partial charge in [0.25, 0.3) is 0 Å². The molecule has 0 atom stereocenters. The highest BCUT2D eigenvalue weighted by Gasteiger charge is 2.08. The van der Waals surface area contributed by atoms with Crippen LogP contribution in [-0.4, -0.2) is 51.1 Å². The molecule has 0 spiro atoms. The van der Waals surface area contributed by atoms with Gasteiger partial charge < -0.3 is 20.2 Å². The van der Waals surface area contributed by atoms with E-state index in [-0.39, 0.29) is 6.61 Å². The van der Waals surface area contributed by atoms with Gasteiger partial charge in [0.15, 0.2) is 0 Å². The first-order chi connectivity index (χ1) is 7.93. The van der Waals surface area contributed by atoms with Crippen LogP contribution in [0.2, 0.25) is 0 Å². The van der Waals surface area contributed by atoms with E-state index in [0.29, 0.717) is 6.61 Å². The van der Waals surface area contributed by atoms with Crippen LogP contribution < -0.4 is 5.73 Å². The maximum Gasteiger partial charge on any atom is 0.145 e. The number of likely N-dealkylation sites (tertiary alicyclic amines) is 1. The predicted octanol–water partition coefficient (Wildman–Crippen LogP) is 1.29. The Labute approximate surface area is 100 Å². The molecule has 0 saturated carbocycles. The topological polar surface area (TPSA) is 55.6 Å². The SMILES string of the molecule is CC.CN.O=CCOCCN1CCCCC1. The van der Waals surface area contributed by atoms with Crippen molar-refractivity contribution in [2.45, 2.75) is 33.1 Å². The molecule has 0 unspecified atom stereocenters.